The molecule has 0 bridgehead atoms. The van der Waals surface area contributed by atoms with E-state index in [4.69, 9.17) is 4.74 Å². The average molecular weight is 410 g/mol. The van der Waals surface area contributed by atoms with E-state index in [1.165, 1.54) is 7.11 Å². The summed E-state index contributed by atoms with van der Waals surface area (Å²) in [5, 5.41) is 2.65. The first kappa shape index (κ1) is 21.0. The molecule has 0 spiro atoms. The van der Waals surface area contributed by atoms with Gasteiger partial charge in [-0.1, -0.05) is 24.3 Å². The van der Waals surface area contributed by atoms with Gasteiger partial charge in [0.2, 0.25) is 5.91 Å². The highest BCUT2D eigenvalue weighted by Gasteiger charge is 2.26. The Morgan fingerprint density at radius 1 is 1.03 bits per heavy atom. The second-order valence-corrected chi connectivity index (χ2v) is 6.71. The van der Waals surface area contributed by atoms with Crippen LogP contribution in [0.4, 0.5) is 5.69 Å². The smallest absolute Gasteiger partial charge is 0.340 e. The molecule has 0 saturated carbocycles. The molecule has 2 amide bonds. The molecule has 30 heavy (non-hydrogen) atoms. The number of nitrogens with zero attached hydrogens (tertiary/aromatic N) is 1. The fourth-order valence-corrected chi connectivity index (χ4v) is 3.12. The second kappa shape index (κ2) is 9.69. The molecule has 1 aliphatic heterocycles. The number of esters is 2. The lowest BCUT2D eigenvalue weighted by molar-refractivity contribution is -0.124. The van der Waals surface area contributed by atoms with Crippen molar-refractivity contribution in [3.8, 4) is 0 Å². The van der Waals surface area contributed by atoms with E-state index in [1.54, 1.807) is 53.4 Å². The zero-order chi connectivity index (χ0) is 21.5. The number of ether oxygens (including phenoxy) is 2. The molecule has 1 heterocycles. The molecule has 0 radical (unpaired) electrons. The predicted molar refractivity (Wildman–Crippen MR) is 108 cm³/mol. The van der Waals surface area contributed by atoms with Crippen LogP contribution in [0.1, 0.15) is 39.1 Å². The zero-order valence-electron chi connectivity index (χ0n) is 16.6. The Morgan fingerprint density at radius 3 is 2.43 bits per heavy atom. The third-order valence-corrected chi connectivity index (χ3v) is 4.69. The van der Waals surface area contributed by atoms with Crippen molar-refractivity contribution < 1.29 is 28.7 Å². The highest BCUT2D eigenvalue weighted by Crippen LogP contribution is 2.25. The molecule has 0 aromatic heterocycles. The van der Waals surface area contributed by atoms with E-state index in [1.807, 2.05) is 0 Å². The minimum Gasteiger partial charge on any atom is -0.465 e. The summed E-state index contributed by atoms with van der Waals surface area (Å²) in [7, 11) is 1.30. The van der Waals surface area contributed by atoms with Gasteiger partial charge in [0.25, 0.3) is 5.91 Å². The number of hydrogen-bond donors (Lipinski definition) is 1. The van der Waals surface area contributed by atoms with Crippen LogP contribution in [0.2, 0.25) is 0 Å². The van der Waals surface area contributed by atoms with Crippen LogP contribution in [-0.2, 0) is 25.6 Å². The van der Waals surface area contributed by atoms with Crippen LogP contribution in [-0.4, -0.2) is 44.0 Å². The third-order valence-electron chi connectivity index (χ3n) is 4.69. The number of para-hydroxylation sites is 1. The maximum atomic E-state index is 12.5. The van der Waals surface area contributed by atoms with Crippen molar-refractivity contribution in [2.45, 2.75) is 19.4 Å². The third kappa shape index (κ3) is 5.02. The monoisotopic (exact) mass is 410 g/mol. The van der Waals surface area contributed by atoms with Crippen molar-refractivity contribution in [3.63, 3.8) is 0 Å². The van der Waals surface area contributed by atoms with Gasteiger partial charge >= 0.3 is 11.9 Å². The molecule has 1 fully saturated rings. The molecule has 2 aromatic rings. The molecule has 156 valence electrons. The van der Waals surface area contributed by atoms with Crippen molar-refractivity contribution in [2.24, 2.45) is 0 Å². The lowest BCUT2D eigenvalue weighted by Gasteiger charge is -2.18. The SMILES string of the molecule is COC(=O)c1ccc(CNC(=O)COC(=O)c2ccccc2N2CCCC2=O)cc1. The first-order valence-electron chi connectivity index (χ1n) is 9.50. The van der Waals surface area contributed by atoms with Crippen molar-refractivity contribution in [1.29, 1.82) is 0 Å². The van der Waals surface area contributed by atoms with Crippen molar-refractivity contribution >= 4 is 29.4 Å². The van der Waals surface area contributed by atoms with Crippen LogP contribution in [0, 0.1) is 0 Å². The Morgan fingerprint density at radius 2 is 1.77 bits per heavy atom. The summed E-state index contributed by atoms with van der Waals surface area (Å²) < 4.78 is 9.76. The molecule has 3 rings (SSSR count). The molecular formula is C22H22N2O6. The number of benzene rings is 2. The summed E-state index contributed by atoms with van der Waals surface area (Å²) in [6.07, 6.45) is 1.19. The highest BCUT2D eigenvalue weighted by atomic mass is 16.5. The van der Waals surface area contributed by atoms with Gasteiger partial charge in [-0.25, -0.2) is 9.59 Å². The molecule has 8 nitrogen and oxygen atoms in total. The Hall–Kier alpha value is -3.68. The first-order valence-corrected chi connectivity index (χ1v) is 9.50. The normalized spacial score (nSPS) is 13.1. The number of carbonyl (C=O) groups is 4. The van der Waals surface area contributed by atoms with Crippen LogP contribution in [0.25, 0.3) is 0 Å². The minimum absolute atomic E-state index is 0.0359. The Kier molecular flexibility index (Phi) is 6.79. The van der Waals surface area contributed by atoms with Crippen molar-refractivity contribution in [2.75, 3.05) is 25.2 Å². The number of amides is 2. The van der Waals surface area contributed by atoms with Crippen molar-refractivity contribution in [1.82, 2.24) is 5.32 Å². The van der Waals surface area contributed by atoms with Gasteiger partial charge in [0.15, 0.2) is 6.61 Å². The topological polar surface area (TPSA) is 102 Å². The van der Waals surface area contributed by atoms with Gasteiger partial charge in [0, 0.05) is 19.5 Å². The molecule has 1 saturated heterocycles. The van der Waals surface area contributed by atoms with E-state index < -0.39 is 24.5 Å². The molecular weight excluding hydrogens is 388 g/mol. The standard InChI is InChI=1S/C22H22N2O6/c1-29-21(27)16-10-8-15(9-11-16)13-23-19(25)14-30-22(28)17-5-2-3-6-18(17)24-12-4-7-20(24)26/h2-3,5-6,8-11H,4,7,12-14H2,1H3,(H,23,25). The fourth-order valence-electron chi connectivity index (χ4n) is 3.12. The number of carbonyl (C=O) groups excluding carboxylic acids is 4. The molecule has 0 atom stereocenters. The largest absolute Gasteiger partial charge is 0.465 e. The molecule has 2 aromatic carbocycles. The van der Waals surface area contributed by atoms with E-state index >= 15 is 0 Å². The van der Waals surface area contributed by atoms with Gasteiger partial charge in [-0.05, 0) is 36.2 Å². The molecule has 0 unspecified atom stereocenters. The van der Waals surface area contributed by atoms with E-state index in [0.29, 0.717) is 24.2 Å². The van der Waals surface area contributed by atoms with Crippen LogP contribution in [0.15, 0.2) is 48.5 Å². The number of nitrogens with one attached hydrogen (secondary N) is 1. The second-order valence-electron chi connectivity index (χ2n) is 6.71. The van der Waals surface area contributed by atoms with Gasteiger partial charge < -0.3 is 19.7 Å². The molecule has 1 N–H and O–H groups in total. The Balaban J connectivity index is 1.52. The number of anilines is 1. The Labute approximate surface area is 173 Å². The zero-order valence-corrected chi connectivity index (χ0v) is 16.6. The van der Waals surface area contributed by atoms with Gasteiger partial charge in [-0.15, -0.1) is 0 Å². The summed E-state index contributed by atoms with van der Waals surface area (Å²) in [6, 6.07) is 13.3. The number of hydrogen-bond acceptors (Lipinski definition) is 6. The molecule has 0 aliphatic carbocycles. The quantitative estimate of drug-likeness (QED) is 0.701. The molecule has 1 aliphatic rings. The summed E-state index contributed by atoms with van der Waals surface area (Å²) in [6.45, 7) is 0.330. The van der Waals surface area contributed by atoms with Gasteiger partial charge in [0.1, 0.15) is 0 Å². The maximum absolute atomic E-state index is 12.5. The van der Waals surface area contributed by atoms with Gasteiger partial charge in [-0.3, -0.25) is 9.59 Å². The minimum atomic E-state index is -0.664. The maximum Gasteiger partial charge on any atom is 0.340 e. The number of methoxy groups -OCH3 is 1. The van der Waals surface area contributed by atoms with Crippen LogP contribution >= 0.6 is 0 Å². The highest BCUT2D eigenvalue weighted by molar-refractivity contribution is 6.03. The molecule has 8 heteroatoms. The Bertz CT molecular complexity index is 954. The predicted octanol–water partition coefficient (Wildman–Crippen LogP) is 2.07. The van der Waals surface area contributed by atoms with Crippen LogP contribution in [0.3, 0.4) is 0 Å². The van der Waals surface area contributed by atoms with E-state index in [0.717, 1.165) is 12.0 Å². The first-order chi connectivity index (χ1) is 14.5. The van der Waals surface area contributed by atoms with E-state index in [2.05, 4.69) is 10.1 Å². The summed E-state index contributed by atoms with van der Waals surface area (Å²) in [4.78, 5) is 49.5. The van der Waals surface area contributed by atoms with Crippen molar-refractivity contribution in [3.05, 3.63) is 65.2 Å². The lowest BCUT2D eigenvalue weighted by atomic mass is 10.1. The fraction of sp³-hybridized carbons (Fsp3) is 0.273. The van der Waals surface area contributed by atoms with Crippen LogP contribution in [0.5, 0.6) is 0 Å². The van der Waals surface area contributed by atoms with E-state index in [9.17, 15) is 19.2 Å². The van der Waals surface area contributed by atoms with Gasteiger partial charge in [-0.2, -0.15) is 0 Å². The van der Waals surface area contributed by atoms with Gasteiger partial charge in [0.05, 0.1) is 23.9 Å². The van der Waals surface area contributed by atoms with E-state index in [-0.39, 0.29) is 18.0 Å². The summed E-state index contributed by atoms with van der Waals surface area (Å²) >= 11 is 0. The lowest BCUT2D eigenvalue weighted by Crippen LogP contribution is -2.29. The summed E-state index contributed by atoms with van der Waals surface area (Å²) in [5.74, 6) is -1.60. The van der Waals surface area contributed by atoms with Crippen LogP contribution < -0.4 is 10.2 Å². The average Bonchev–Trinajstić information content (AvgIpc) is 3.21. The summed E-state index contributed by atoms with van der Waals surface area (Å²) in [5.41, 5.74) is 1.94. The number of rotatable bonds is 7.